The monoisotopic (exact) mass is 268 g/mol. The van der Waals surface area contributed by atoms with Crippen molar-refractivity contribution >= 4 is 18.3 Å². The standard InChI is InChI=1S/C14H20N2O.ClH/c1-16(11-12-7-3-2-4-8-12)14(17)13-9-5-6-10-15-13;/h2-4,7-8,13,15H,5-6,9-11H2,1H3;1H. The third-order valence-corrected chi connectivity index (χ3v) is 3.25. The number of nitrogens with one attached hydrogen (secondary N) is 1. The molecule has 1 aliphatic heterocycles. The zero-order valence-electron chi connectivity index (χ0n) is 10.8. The molecule has 1 N–H and O–H groups in total. The number of carbonyl (C=O) groups is 1. The summed E-state index contributed by atoms with van der Waals surface area (Å²) in [6.07, 6.45) is 3.31. The first-order chi connectivity index (χ1) is 8.27. The summed E-state index contributed by atoms with van der Waals surface area (Å²) < 4.78 is 0. The van der Waals surface area contributed by atoms with E-state index in [1.807, 2.05) is 30.1 Å². The van der Waals surface area contributed by atoms with Crippen molar-refractivity contribution in [2.75, 3.05) is 13.6 Å². The lowest BCUT2D eigenvalue weighted by Gasteiger charge is -2.27. The Bertz CT molecular complexity index is 363. The zero-order chi connectivity index (χ0) is 12.1. The number of benzene rings is 1. The lowest BCUT2D eigenvalue weighted by Crippen LogP contribution is -2.46. The van der Waals surface area contributed by atoms with Gasteiger partial charge in [0.25, 0.3) is 0 Å². The number of hydrogen-bond acceptors (Lipinski definition) is 2. The van der Waals surface area contributed by atoms with E-state index in [9.17, 15) is 4.79 Å². The van der Waals surface area contributed by atoms with Crippen molar-refractivity contribution in [1.29, 1.82) is 0 Å². The highest BCUT2D eigenvalue weighted by molar-refractivity contribution is 5.85. The van der Waals surface area contributed by atoms with Crippen LogP contribution in [0.4, 0.5) is 0 Å². The molecule has 0 aliphatic carbocycles. The minimum Gasteiger partial charge on any atom is -0.340 e. The second kappa shape index (κ2) is 7.39. The summed E-state index contributed by atoms with van der Waals surface area (Å²) in [5.41, 5.74) is 1.18. The van der Waals surface area contributed by atoms with Crippen LogP contribution in [-0.4, -0.2) is 30.4 Å². The first kappa shape index (κ1) is 15.0. The molecule has 1 unspecified atom stereocenters. The Morgan fingerprint density at radius 1 is 1.33 bits per heavy atom. The molecule has 1 aliphatic rings. The molecule has 1 aromatic rings. The molecule has 0 radical (unpaired) electrons. The Hall–Kier alpha value is -1.06. The van der Waals surface area contributed by atoms with Crippen LogP contribution in [0.25, 0.3) is 0 Å². The van der Waals surface area contributed by atoms with Gasteiger partial charge in [-0.05, 0) is 24.9 Å². The molecule has 18 heavy (non-hydrogen) atoms. The third kappa shape index (κ3) is 4.00. The Morgan fingerprint density at radius 3 is 2.67 bits per heavy atom. The van der Waals surface area contributed by atoms with Crippen LogP contribution in [0.2, 0.25) is 0 Å². The van der Waals surface area contributed by atoms with Crippen molar-refractivity contribution in [3.63, 3.8) is 0 Å². The molecule has 2 rings (SSSR count). The average molecular weight is 269 g/mol. The van der Waals surface area contributed by atoms with Gasteiger partial charge in [0.2, 0.25) is 5.91 Å². The Morgan fingerprint density at radius 2 is 2.06 bits per heavy atom. The zero-order valence-corrected chi connectivity index (χ0v) is 11.6. The summed E-state index contributed by atoms with van der Waals surface area (Å²) in [4.78, 5) is 14.0. The summed E-state index contributed by atoms with van der Waals surface area (Å²) >= 11 is 0. The molecule has 100 valence electrons. The molecule has 0 saturated carbocycles. The number of amides is 1. The van der Waals surface area contributed by atoms with E-state index < -0.39 is 0 Å². The molecule has 1 fully saturated rings. The summed E-state index contributed by atoms with van der Waals surface area (Å²) in [5.74, 6) is 0.216. The van der Waals surface area contributed by atoms with E-state index in [-0.39, 0.29) is 24.4 Å². The minimum atomic E-state index is 0. The smallest absolute Gasteiger partial charge is 0.239 e. The fourth-order valence-corrected chi connectivity index (χ4v) is 2.26. The summed E-state index contributed by atoms with van der Waals surface area (Å²) in [5, 5.41) is 3.29. The van der Waals surface area contributed by atoms with Crippen LogP contribution in [0.1, 0.15) is 24.8 Å². The van der Waals surface area contributed by atoms with E-state index in [1.165, 1.54) is 12.0 Å². The molecule has 0 spiro atoms. The number of carbonyl (C=O) groups excluding carboxylic acids is 1. The Labute approximate surface area is 115 Å². The first-order valence-electron chi connectivity index (χ1n) is 6.29. The van der Waals surface area contributed by atoms with Gasteiger partial charge in [-0.2, -0.15) is 0 Å². The molecular weight excluding hydrogens is 248 g/mol. The maximum absolute atomic E-state index is 12.2. The van der Waals surface area contributed by atoms with E-state index in [2.05, 4.69) is 17.4 Å². The van der Waals surface area contributed by atoms with Crippen molar-refractivity contribution in [1.82, 2.24) is 10.2 Å². The number of halogens is 1. The van der Waals surface area contributed by atoms with Crippen molar-refractivity contribution in [2.24, 2.45) is 0 Å². The molecule has 3 nitrogen and oxygen atoms in total. The predicted molar refractivity (Wildman–Crippen MR) is 75.8 cm³/mol. The summed E-state index contributed by atoms with van der Waals surface area (Å²) in [6.45, 7) is 1.66. The summed E-state index contributed by atoms with van der Waals surface area (Å²) in [7, 11) is 1.88. The van der Waals surface area contributed by atoms with E-state index >= 15 is 0 Å². The second-order valence-corrected chi connectivity index (χ2v) is 4.68. The van der Waals surface area contributed by atoms with Crippen molar-refractivity contribution in [2.45, 2.75) is 31.8 Å². The van der Waals surface area contributed by atoms with E-state index in [4.69, 9.17) is 0 Å². The van der Waals surface area contributed by atoms with Gasteiger partial charge in [0, 0.05) is 13.6 Å². The summed E-state index contributed by atoms with van der Waals surface area (Å²) in [6, 6.07) is 10.1. The largest absolute Gasteiger partial charge is 0.340 e. The van der Waals surface area contributed by atoms with E-state index in [1.54, 1.807) is 0 Å². The fourth-order valence-electron chi connectivity index (χ4n) is 2.26. The number of piperidine rings is 1. The van der Waals surface area contributed by atoms with Gasteiger partial charge in [0.1, 0.15) is 0 Å². The molecular formula is C14H21ClN2O. The van der Waals surface area contributed by atoms with Crippen molar-refractivity contribution in [3.8, 4) is 0 Å². The topological polar surface area (TPSA) is 32.3 Å². The van der Waals surface area contributed by atoms with Crippen molar-refractivity contribution < 1.29 is 4.79 Å². The van der Waals surface area contributed by atoms with Crippen LogP contribution >= 0.6 is 12.4 Å². The lowest BCUT2D eigenvalue weighted by molar-refractivity contribution is -0.133. The number of likely N-dealkylation sites (N-methyl/N-ethyl adjacent to an activating group) is 1. The van der Waals surface area contributed by atoms with E-state index in [0.29, 0.717) is 6.54 Å². The van der Waals surface area contributed by atoms with Gasteiger partial charge in [0.15, 0.2) is 0 Å². The molecule has 0 bridgehead atoms. The van der Waals surface area contributed by atoms with Crippen LogP contribution in [-0.2, 0) is 11.3 Å². The van der Waals surface area contributed by atoms with Crippen LogP contribution in [0, 0.1) is 0 Å². The van der Waals surface area contributed by atoms with Crippen LogP contribution in [0.3, 0.4) is 0 Å². The molecule has 1 heterocycles. The lowest BCUT2D eigenvalue weighted by atomic mass is 10.0. The SMILES string of the molecule is CN(Cc1ccccc1)C(=O)C1CCCCN1.Cl. The quantitative estimate of drug-likeness (QED) is 0.912. The van der Waals surface area contributed by atoms with Crippen LogP contribution < -0.4 is 5.32 Å². The average Bonchev–Trinajstić information content (AvgIpc) is 2.40. The molecule has 1 atom stereocenters. The highest BCUT2D eigenvalue weighted by atomic mass is 35.5. The van der Waals surface area contributed by atoms with Gasteiger partial charge in [-0.1, -0.05) is 36.8 Å². The Balaban J connectivity index is 0.00000162. The maximum atomic E-state index is 12.2. The van der Waals surface area contributed by atoms with Gasteiger partial charge in [-0.3, -0.25) is 4.79 Å². The van der Waals surface area contributed by atoms with Gasteiger partial charge in [0.05, 0.1) is 6.04 Å². The molecule has 0 aromatic heterocycles. The maximum Gasteiger partial charge on any atom is 0.239 e. The van der Waals surface area contributed by atoms with Gasteiger partial charge < -0.3 is 10.2 Å². The number of hydrogen-bond donors (Lipinski definition) is 1. The highest BCUT2D eigenvalue weighted by Gasteiger charge is 2.23. The number of rotatable bonds is 3. The predicted octanol–water partition coefficient (Wildman–Crippen LogP) is 2.21. The second-order valence-electron chi connectivity index (χ2n) is 4.68. The third-order valence-electron chi connectivity index (χ3n) is 3.25. The minimum absolute atomic E-state index is 0. The van der Waals surface area contributed by atoms with Gasteiger partial charge in [-0.25, -0.2) is 0 Å². The molecule has 1 saturated heterocycles. The van der Waals surface area contributed by atoms with E-state index in [0.717, 1.165) is 19.4 Å². The number of nitrogens with zero attached hydrogens (tertiary/aromatic N) is 1. The normalized spacial score (nSPS) is 18.8. The molecule has 1 amide bonds. The van der Waals surface area contributed by atoms with Gasteiger partial charge >= 0.3 is 0 Å². The van der Waals surface area contributed by atoms with Gasteiger partial charge in [-0.15, -0.1) is 12.4 Å². The van der Waals surface area contributed by atoms with Crippen LogP contribution in [0.5, 0.6) is 0 Å². The fraction of sp³-hybridized carbons (Fsp3) is 0.500. The van der Waals surface area contributed by atoms with Crippen LogP contribution in [0.15, 0.2) is 30.3 Å². The Kier molecular flexibility index (Phi) is 6.16. The molecule has 1 aromatic carbocycles. The van der Waals surface area contributed by atoms with Crippen molar-refractivity contribution in [3.05, 3.63) is 35.9 Å². The molecule has 4 heteroatoms. The highest BCUT2D eigenvalue weighted by Crippen LogP contribution is 2.11. The first-order valence-corrected chi connectivity index (χ1v) is 6.29.